The predicted molar refractivity (Wildman–Crippen MR) is 76.1 cm³/mol. The molecule has 1 N–H and O–H groups in total. The number of benzene rings is 1. The Kier molecular flexibility index (Phi) is 3.99. The highest BCUT2D eigenvalue weighted by Crippen LogP contribution is 2.30. The number of hydrogen-bond acceptors (Lipinski definition) is 2. The van der Waals surface area contributed by atoms with Crippen LogP contribution in [0.3, 0.4) is 0 Å². The summed E-state index contributed by atoms with van der Waals surface area (Å²) in [6.07, 6.45) is 1.54. The van der Waals surface area contributed by atoms with Crippen LogP contribution in [0.25, 0.3) is 0 Å². The zero-order chi connectivity index (χ0) is 13.1. The molecule has 0 radical (unpaired) electrons. The summed E-state index contributed by atoms with van der Waals surface area (Å²) in [5.41, 5.74) is 2.01. The first-order valence-electron chi connectivity index (χ1n) is 5.26. The largest absolute Gasteiger partial charge is 0.321 e. The van der Waals surface area contributed by atoms with Crippen LogP contribution in [-0.2, 0) is 0 Å². The summed E-state index contributed by atoms with van der Waals surface area (Å²) in [6, 6.07) is 8.82. The lowest BCUT2D eigenvalue weighted by Gasteiger charge is -2.08. The zero-order valence-corrected chi connectivity index (χ0v) is 11.9. The number of halogens is 2. The summed E-state index contributed by atoms with van der Waals surface area (Å²) >= 11 is 9.28. The normalized spacial score (nSPS) is 10.2. The summed E-state index contributed by atoms with van der Waals surface area (Å²) in [7, 11) is 0. The molecule has 5 heteroatoms. The van der Waals surface area contributed by atoms with Gasteiger partial charge in [-0.05, 0) is 47.1 Å². The quantitative estimate of drug-likeness (QED) is 0.905. The highest BCUT2D eigenvalue weighted by molar-refractivity contribution is 9.10. The van der Waals surface area contributed by atoms with E-state index in [-0.39, 0.29) is 5.91 Å². The van der Waals surface area contributed by atoms with Crippen molar-refractivity contribution in [2.24, 2.45) is 0 Å². The van der Waals surface area contributed by atoms with Gasteiger partial charge in [0.25, 0.3) is 5.91 Å². The molecule has 0 unspecified atom stereocenters. The average molecular weight is 326 g/mol. The average Bonchev–Trinajstić information content (AvgIpc) is 2.36. The van der Waals surface area contributed by atoms with Gasteiger partial charge in [0.1, 0.15) is 0 Å². The van der Waals surface area contributed by atoms with Crippen LogP contribution in [0.5, 0.6) is 0 Å². The molecule has 0 fully saturated rings. The van der Waals surface area contributed by atoms with Crippen molar-refractivity contribution >= 4 is 39.1 Å². The van der Waals surface area contributed by atoms with Gasteiger partial charge in [0, 0.05) is 11.9 Å². The number of nitrogens with one attached hydrogen (secondary N) is 1. The molecule has 1 amide bonds. The second-order valence-electron chi connectivity index (χ2n) is 3.74. The number of amides is 1. The second kappa shape index (κ2) is 5.50. The Morgan fingerprint density at radius 1 is 1.33 bits per heavy atom. The first-order valence-corrected chi connectivity index (χ1v) is 6.43. The lowest BCUT2D eigenvalue weighted by atomic mass is 10.2. The minimum absolute atomic E-state index is 0.217. The Labute approximate surface area is 118 Å². The van der Waals surface area contributed by atoms with E-state index in [0.29, 0.717) is 20.7 Å². The third kappa shape index (κ3) is 2.89. The fraction of sp³-hybridized carbons (Fsp3) is 0.0769. The Morgan fingerprint density at radius 3 is 2.78 bits per heavy atom. The molecule has 18 heavy (non-hydrogen) atoms. The number of carbonyl (C=O) groups is 1. The van der Waals surface area contributed by atoms with E-state index >= 15 is 0 Å². The van der Waals surface area contributed by atoms with Gasteiger partial charge in [-0.1, -0.05) is 17.7 Å². The first kappa shape index (κ1) is 13.1. The van der Waals surface area contributed by atoms with Crippen LogP contribution in [0.15, 0.2) is 41.0 Å². The fourth-order valence-electron chi connectivity index (χ4n) is 1.40. The van der Waals surface area contributed by atoms with Crippen LogP contribution in [0.2, 0.25) is 5.02 Å². The topological polar surface area (TPSA) is 42.0 Å². The van der Waals surface area contributed by atoms with Crippen molar-refractivity contribution in [1.82, 2.24) is 4.98 Å². The number of hydrogen-bond donors (Lipinski definition) is 1. The number of aromatic nitrogens is 1. The van der Waals surface area contributed by atoms with Crippen LogP contribution in [0.4, 0.5) is 5.69 Å². The zero-order valence-electron chi connectivity index (χ0n) is 9.58. The second-order valence-corrected chi connectivity index (χ2v) is 4.94. The number of rotatable bonds is 2. The van der Waals surface area contributed by atoms with E-state index < -0.39 is 0 Å². The van der Waals surface area contributed by atoms with Gasteiger partial charge in [0.05, 0.1) is 20.7 Å². The molecule has 2 aromatic rings. The molecular weight excluding hydrogens is 316 g/mol. The molecule has 1 aromatic carbocycles. The van der Waals surface area contributed by atoms with E-state index in [1.54, 1.807) is 36.5 Å². The van der Waals surface area contributed by atoms with Crippen molar-refractivity contribution in [2.45, 2.75) is 6.92 Å². The molecule has 0 saturated carbocycles. The SMILES string of the molecule is Cc1ccc(C(=O)Nc2cccc(Cl)c2Br)cn1. The maximum absolute atomic E-state index is 12.0. The monoisotopic (exact) mass is 324 g/mol. The van der Waals surface area contributed by atoms with E-state index in [4.69, 9.17) is 11.6 Å². The molecule has 92 valence electrons. The third-order valence-electron chi connectivity index (χ3n) is 2.37. The number of anilines is 1. The molecule has 1 aromatic heterocycles. The Morgan fingerprint density at radius 2 is 2.11 bits per heavy atom. The van der Waals surface area contributed by atoms with Crippen LogP contribution in [0, 0.1) is 6.92 Å². The van der Waals surface area contributed by atoms with E-state index in [1.165, 1.54) is 0 Å². The van der Waals surface area contributed by atoms with Gasteiger partial charge >= 0.3 is 0 Å². The van der Waals surface area contributed by atoms with Gasteiger partial charge < -0.3 is 5.32 Å². The molecule has 3 nitrogen and oxygen atoms in total. The Balaban J connectivity index is 2.21. The van der Waals surface area contributed by atoms with Crippen LogP contribution in [0.1, 0.15) is 16.1 Å². The molecule has 1 heterocycles. The maximum Gasteiger partial charge on any atom is 0.257 e. The van der Waals surface area contributed by atoms with Crippen LogP contribution in [-0.4, -0.2) is 10.9 Å². The summed E-state index contributed by atoms with van der Waals surface area (Å²) in [6.45, 7) is 1.87. The van der Waals surface area contributed by atoms with Gasteiger partial charge in [0.15, 0.2) is 0 Å². The summed E-state index contributed by atoms with van der Waals surface area (Å²) in [5.74, 6) is -0.217. The van der Waals surface area contributed by atoms with Gasteiger partial charge in [-0.3, -0.25) is 9.78 Å². The van der Waals surface area contributed by atoms with E-state index in [9.17, 15) is 4.79 Å². The molecule has 0 bridgehead atoms. The Bertz CT molecular complexity index is 584. The molecule has 0 atom stereocenters. The number of carbonyl (C=O) groups excluding carboxylic acids is 1. The molecule has 0 saturated heterocycles. The molecule has 2 rings (SSSR count). The lowest BCUT2D eigenvalue weighted by Crippen LogP contribution is -2.12. The number of pyridine rings is 1. The van der Waals surface area contributed by atoms with Gasteiger partial charge in [-0.15, -0.1) is 0 Å². The van der Waals surface area contributed by atoms with Crippen LogP contribution >= 0.6 is 27.5 Å². The van der Waals surface area contributed by atoms with Crippen LogP contribution < -0.4 is 5.32 Å². The van der Waals surface area contributed by atoms with Crippen molar-refractivity contribution in [2.75, 3.05) is 5.32 Å². The minimum atomic E-state index is -0.217. The van der Waals surface area contributed by atoms with Gasteiger partial charge in [0.2, 0.25) is 0 Å². The minimum Gasteiger partial charge on any atom is -0.321 e. The summed E-state index contributed by atoms with van der Waals surface area (Å²) in [4.78, 5) is 16.1. The van der Waals surface area contributed by atoms with Crippen molar-refractivity contribution < 1.29 is 4.79 Å². The van der Waals surface area contributed by atoms with Crippen molar-refractivity contribution in [1.29, 1.82) is 0 Å². The molecular formula is C13H10BrClN2O. The van der Waals surface area contributed by atoms with Crippen molar-refractivity contribution in [3.63, 3.8) is 0 Å². The summed E-state index contributed by atoms with van der Waals surface area (Å²) in [5, 5.41) is 3.33. The molecule has 0 aliphatic heterocycles. The number of nitrogens with zero attached hydrogens (tertiary/aromatic N) is 1. The lowest BCUT2D eigenvalue weighted by molar-refractivity contribution is 0.102. The Hall–Kier alpha value is -1.39. The highest BCUT2D eigenvalue weighted by Gasteiger charge is 2.09. The van der Waals surface area contributed by atoms with E-state index in [0.717, 1.165) is 5.69 Å². The molecule has 0 spiro atoms. The first-order chi connectivity index (χ1) is 8.58. The highest BCUT2D eigenvalue weighted by atomic mass is 79.9. The standard InChI is InChI=1S/C13H10BrClN2O/c1-8-5-6-9(7-16-8)13(18)17-11-4-2-3-10(15)12(11)14/h2-7H,1H3,(H,17,18). The van der Waals surface area contributed by atoms with Gasteiger partial charge in [-0.2, -0.15) is 0 Å². The smallest absolute Gasteiger partial charge is 0.257 e. The molecule has 0 aliphatic carbocycles. The fourth-order valence-corrected chi connectivity index (χ4v) is 1.93. The van der Waals surface area contributed by atoms with Crippen molar-refractivity contribution in [3.8, 4) is 0 Å². The molecule has 0 aliphatic rings. The van der Waals surface area contributed by atoms with E-state index in [2.05, 4.69) is 26.2 Å². The van der Waals surface area contributed by atoms with E-state index in [1.807, 2.05) is 6.92 Å². The maximum atomic E-state index is 12.0. The predicted octanol–water partition coefficient (Wildman–Crippen LogP) is 4.06. The summed E-state index contributed by atoms with van der Waals surface area (Å²) < 4.78 is 0.667. The van der Waals surface area contributed by atoms with Gasteiger partial charge in [-0.25, -0.2) is 0 Å². The number of aryl methyl sites for hydroxylation is 1. The van der Waals surface area contributed by atoms with Crippen molar-refractivity contribution in [3.05, 3.63) is 57.3 Å². The third-order valence-corrected chi connectivity index (χ3v) is 3.77.